The second kappa shape index (κ2) is 5.83. The first-order valence-electron chi connectivity index (χ1n) is 7.22. The van der Waals surface area contributed by atoms with Crippen LogP contribution in [-0.2, 0) is 16.0 Å². The summed E-state index contributed by atoms with van der Waals surface area (Å²) < 4.78 is 5.20. The highest BCUT2D eigenvalue weighted by atomic mass is 16.5. The molecule has 1 aliphatic heterocycles. The van der Waals surface area contributed by atoms with Crippen molar-refractivity contribution >= 4 is 11.7 Å². The lowest BCUT2D eigenvalue weighted by Gasteiger charge is -2.35. The molecule has 0 radical (unpaired) electrons. The maximum absolute atomic E-state index is 12.2. The highest BCUT2D eigenvalue weighted by Gasteiger charge is 2.38. The van der Waals surface area contributed by atoms with E-state index in [9.17, 15) is 4.79 Å². The van der Waals surface area contributed by atoms with Crippen LogP contribution in [0.25, 0.3) is 0 Å². The molecule has 20 heavy (non-hydrogen) atoms. The van der Waals surface area contributed by atoms with Crippen LogP contribution in [0.3, 0.4) is 0 Å². The monoisotopic (exact) mass is 276 g/mol. The number of para-hydroxylation sites is 1. The van der Waals surface area contributed by atoms with Gasteiger partial charge in [-0.15, -0.1) is 0 Å². The van der Waals surface area contributed by atoms with Crippen molar-refractivity contribution in [1.82, 2.24) is 5.32 Å². The number of fused-ring (bicyclic) bond motifs is 1. The number of rotatable bonds is 5. The number of carbonyl (C=O) groups excluding carboxylic acids is 1. The van der Waals surface area contributed by atoms with Crippen molar-refractivity contribution in [2.75, 3.05) is 25.1 Å². The third-order valence-corrected chi connectivity index (χ3v) is 4.11. The van der Waals surface area contributed by atoms with Crippen molar-refractivity contribution in [2.45, 2.75) is 38.8 Å². The summed E-state index contributed by atoms with van der Waals surface area (Å²) in [6.45, 7) is 6.95. The van der Waals surface area contributed by atoms with E-state index in [-0.39, 0.29) is 5.97 Å². The second-order valence-corrected chi connectivity index (χ2v) is 5.61. The van der Waals surface area contributed by atoms with E-state index >= 15 is 0 Å². The van der Waals surface area contributed by atoms with E-state index in [4.69, 9.17) is 4.74 Å². The van der Waals surface area contributed by atoms with Gasteiger partial charge in [-0.25, -0.2) is 4.79 Å². The Morgan fingerprint density at radius 1 is 1.50 bits per heavy atom. The summed E-state index contributed by atoms with van der Waals surface area (Å²) in [5.41, 5.74) is 1.88. The van der Waals surface area contributed by atoms with Gasteiger partial charge >= 0.3 is 5.97 Å². The predicted octanol–water partition coefficient (Wildman–Crippen LogP) is 1.98. The Morgan fingerprint density at radius 3 is 2.85 bits per heavy atom. The molecule has 0 amide bonds. The number of hydrogen-bond donors (Lipinski definition) is 1. The Bertz CT molecular complexity index is 489. The van der Waals surface area contributed by atoms with Crippen molar-refractivity contribution in [2.24, 2.45) is 0 Å². The standard InChI is InChI=1S/C16H24N2O2/c1-5-20-15(19)16(3,17-4)11-18-12(2)10-13-8-6-7-9-14(13)18/h6-9,12,17H,5,10-11H2,1-4H3. The van der Waals surface area contributed by atoms with E-state index in [1.54, 1.807) is 0 Å². The molecule has 2 rings (SSSR count). The summed E-state index contributed by atoms with van der Waals surface area (Å²) >= 11 is 0. The van der Waals surface area contributed by atoms with Crippen LogP contribution in [0.15, 0.2) is 24.3 Å². The van der Waals surface area contributed by atoms with Gasteiger partial charge in [-0.3, -0.25) is 0 Å². The highest BCUT2D eigenvalue weighted by Crippen LogP contribution is 2.32. The van der Waals surface area contributed by atoms with E-state index in [0.29, 0.717) is 19.2 Å². The van der Waals surface area contributed by atoms with Gasteiger partial charge in [-0.1, -0.05) is 18.2 Å². The molecule has 0 aliphatic carbocycles. The molecule has 1 aliphatic rings. The zero-order valence-electron chi connectivity index (χ0n) is 12.8. The van der Waals surface area contributed by atoms with Crippen LogP contribution in [-0.4, -0.2) is 37.7 Å². The average Bonchev–Trinajstić information content (AvgIpc) is 2.75. The first kappa shape index (κ1) is 14.9. The number of nitrogens with zero attached hydrogens (tertiary/aromatic N) is 1. The Hall–Kier alpha value is -1.55. The first-order chi connectivity index (χ1) is 9.51. The summed E-state index contributed by atoms with van der Waals surface area (Å²) in [5, 5.41) is 3.13. The summed E-state index contributed by atoms with van der Waals surface area (Å²) in [4.78, 5) is 14.5. The van der Waals surface area contributed by atoms with Crippen molar-refractivity contribution in [3.05, 3.63) is 29.8 Å². The molecule has 0 spiro atoms. The summed E-state index contributed by atoms with van der Waals surface area (Å²) in [6.07, 6.45) is 1.03. The van der Waals surface area contributed by atoms with E-state index in [1.807, 2.05) is 27.0 Å². The van der Waals surface area contributed by atoms with Gasteiger partial charge in [0.1, 0.15) is 5.54 Å². The summed E-state index contributed by atoms with van der Waals surface area (Å²) in [7, 11) is 1.81. The van der Waals surface area contributed by atoms with Crippen LogP contribution in [0.4, 0.5) is 5.69 Å². The van der Waals surface area contributed by atoms with Gasteiger partial charge in [0.15, 0.2) is 0 Å². The molecule has 0 saturated heterocycles. The largest absolute Gasteiger partial charge is 0.465 e. The van der Waals surface area contributed by atoms with Gasteiger partial charge in [0, 0.05) is 18.3 Å². The Labute approximate surface area is 121 Å². The minimum absolute atomic E-state index is 0.195. The number of hydrogen-bond acceptors (Lipinski definition) is 4. The Morgan fingerprint density at radius 2 is 2.20 bits per heavy atom. The molecule has 0 bridgehead atoms. The molecular weight excluding hydrogens is 252 g/mol. The summed E-state index contributed by atoms with van der Waals surface area (Å²) in [6, 6.07) is 8.80. The quantitative estimate of drug-likeness (QED) is 0.835. The van der Waals surface area contributed by atoms with Crippen molar-refractivity contribution in [1.29, 1.82) is 0 Å². The maximum atomic E-state index is 12.2. The second-order valence-electron chi connectivity index (χ2n) is 5.61. The Balaban J connectivity index is 2.22. The normalized spacial score (nSPS) is 20.4. The SMILES string of the molecule is CCOC(=O)C(C)(CN1c2ccccc2CC1C)NC. The smallest absolute Gasteiger partial charge is 0.327 e. The fourth-order valence-corrected chi connectivity index (χ4v) is 2.75. The average molecular weight is 276 g/mol. The lowest BCUT2D eigenvalue weighted by atomic mass is 10.0. The van der Waals surface area contributed by atoms with Crippen LogP contribution in [0.2, 0.25) is 0 Å². The third kappa shape index (κ3) is 2.66. The number of esters is 1. The van der Waals surface area contributed by atoms with Gasteiger partial charge in [-0.05, 0) is 45.9 Å². The molecule has 1 aromatic rings. The van der Waals surface area contributed by atoms with Crippen LogP contribution in [0.5, 0.6) is 0 Å². The van der Waals surface area contributed by atoms with Crippen molar-refractivity contribution in [3.8, 4) is 0 Å². The molecule has 1 N–H and O–H groups in total. The Kier molecular flexibility index (Phi) is 4.33. The molecule has 1 aromatic carbocycles. The molecule has 4 nitrogen and oxygen atoms in total. The van der Waals surface area contributed by atoms with Gasteiger partial charge in [0.2, 0.25) is 0 Å². The highest BCUT2D eigenvalue weighted by molar-refractivity contribution is 5.81. The van der Waals surface area contributed by atoms with E-state index in [2.05, 4.69) is 35.3 Å². The molecule has 1 heterocycles. The zero-order valence-corrected chi connectivity index (χ0v) is 12.8. The van der Waals surface area contributed by atoms with Gasteiger partial charge < -0.3 is 15.0 Å². The third-order valence-electron chi connectivity index (χ3n) is 4.11. The topological polar surface area (TPSA) is 41.6 Å². The zero-order chi connectivity index (χ0) is 14.8. The van der Waals surface area contributed by atoms with Gasteiger partial charge in [-0.2, -0.15) is 0 Å². The number of nitrogens with one attached hydrogen (secondary N) is 1. The van der Waals surface area contributed by atoms with Crippen LogP contribution in [0, 0.1) is 0 Å². The van der Waals surface area contributed by atoms with Crippen molar-refractivity contribution < 1.29 is 9.53 Å². The first-order valence-corrected chi connectivity index (χ1v) is 7.22. The lowest BCUT2D eigenvalue weighted by molar-refractivity contribution is -0.149. The van der Waals surface area contributed by atoms with Crippen LogP contribution < -0.4 is 10.2 Å². The number of likely N-dealkylation sites (N-methyl/N-ethyl adjacent to an activating group) is 1. The molecule has 0 saturated carbocycles. The van der Waals surface area contributed by atoms with Crippen LogP contribution in [0.1, 0.15) is 26.3 Å². The molecule has 110 valence electrons. The molecule has 0 fully saturated rings. The molecule has 0 aromatic heterocycles. The minimum atomic E-state index is -0.693. The number of anilines is 1. The minimum Gasteiger partial charge on any atom is -0.465 e. The summed E-state index contributed by atoms with van der Waals surface area (Å²) in [5.74, 6) is -0.195. The van der Waals surface area contributed by atoms with Crippen molar-refractivity contribution in [3.63, 3.8) is 0 Å². The predicted molar refractivity (Wildman–Crippen MR) is 81.1 cm³/mol. The molecular formula is C16H24N2O2. The van der Waals surface area contributed by atoms with E-state index in [0.717, 1.165) is 6.42 Å². The van der Waals surface area contributed by atoms with Gasteiger partial charge in [0.25, 0.3) is 0 Å². The van der Waals surface area contributed by atoms with Crippen LogP contribution >= 0.6 is 0 Å². The molecule has 4 heteroatoms. The number of carbonyl (C=O) groups is 1. The number of benzene rings is 1. The fraction of sp³-hybridized carbons (Fsp3) is 0.562. The number of ether oxygens (including phenoxy) is 1. The maximum Gasteiger partial charge on any atom is 0.327 e. The molecule has 2 atom stereocenters. The van der Waals surface area contributed by atoms with Gasteiger partial charge in [0.05, 0.1) is 6.61 Å². The van der Waals surface area contributed by atoms with E-state index in [1.165, 1.54) is 11.3 Å². The van der Waals surface area contributed by atoms with E-state index < -0.39 is 5.54 Å². The lowest BCUT2D eigenvalue weighted by Crippen LogP contribution is -2.57. The molecule has 2 unspecified atom stereocenters. The fourth-order valence-electron chi connectivity index (χ4n) is 2.75.